The van der Waals surface area contributed by atoms with Gasteiger partial charge in [0.05, 0.1) is 30.6 Å². The Bertz CT molecular complexity index is 1470. The fraction of sp³-hybridized carbons (Fsp3) is 0.429. The van der Waals surface area contributed by atoms with Crippen LogP contribution in [0.3, 0.4) is 0 Å². The minimum atomic E-state index is -3.85. The summed E-state index contributed by atoms with van der Waals surface area (Å²) in [7, 11) is -3.85. The minimum absolute atomic E-state index is 0.0804. The summed E-state index contributed by atoms with van der Waals surface area (Å²) in [6.45, 7) is 6.03. The molecule has 2 heterocycles. The van der Waals surface area contributed by atoms with E-state index in [4.69, 9.17) is 30.9 Å². The first-order valence-corrected chi connectivity index (χ1v) is 15.0. The maximum Gasteiger partial charge on any atom is 0.312 e. The van der Waals surface area contributed by atoms with Crippen LogP contribution in [-0.4, -0.2) is 61.4 Å². The smallest absolute Gasteiger partial charge is 0.312 e. The predicted molar refractivity (Wildman–Crippen MR) is 154 cm³/mol. The summed E-state index contributed by atoms with van der Waals surface area (Å²) in [5.74, 6) is 0.997. The van der Waals surface area contributed by atoms with Crippen molar-refractivity contribution in [2.45, 2.75) is 44.4 Å². The molecule has 0 amide bonds. The van der Waals surface area contributed by atoms with Crippen LogP contribution in [0.25, 0.3) is 11.1 Å². The van der Waals surface area contributed by atoms with Gasteiger partial charge < -0.3 is 30.9 Å². The summed E-state index contributed by atoms with van der Waals surface area (Å²) in [4.78, 5) is 10.4. The zero-order valence-corrected chi connectivity index (χ0v) is 23.5. The zero-order valence-electron chi connectivity index (χ0n) is 22.6. The van der Waals surface area contributed by atoms with E-state index in [2.05, 4.69) is 14.9 Å². The van der Waals surface area contributed by atoms with Gasteiger partial charge in [0.1, 0.15) is 11.6 Å². The third kappa shape index (κ3) is 6.24. The highest BCUT2D eigenvalue weighted by atomic mass is 32.2. The quantitative estimate of drug-likeness (QED) is 0.243. The van der Waals surface area contributed by atoms with Gasteiger partial charge in [-0.15, -0.1) is 0 Å². The normalized spacial score (nSPS) is 16.4. The van der Waals surface area contributed by atoms with Crippen molar-refractivity contribution < 1.29 is 22.1 Å². The molecule has 40 heavy (non-hydrogen) atoms. The summed E-state index contributed by atoms with van der Waals surface area (Å²) in [6, 6.07) is 9.32. The van der Waals surface area contributed by atoms with Crippen LogP contribution in [0.2, 0.25) is 0 Å². The van der Waals surface area contributed by atoms with Crippen LogP contribution in [0.4, 0.5) is 17.5 Å². The van der Waals surface area contributed by atoms with Gasteiger partial charge >= 0.3 is 10.1 Å². The summed E-state index contributed by atoms with van der Waals surface area (Å²) >= 11 is 0. The van der Waals surface area contributed by atoms with Crippen molar-refractivity contribution >= 4 is 27.6 Å². The van der Waals surface area contributed by atoms with Crippen LogP contribution in [0.1, 0.15) is 42.9 Å². The number of ether oxygens (including phenoxy) is 2. The van der Waals surface area contributed by atoms with Gasteiger partial charge in [-0.05, 0) is 54.7 Å². The van der Waals surface area contributed by atoms with Gasteiger partial charge in [-0.2, -0.15) is 13.4 Å². The molecule has 6 N–H and O–H groups in total. The Morgan fingerprint density at radius 2 is 1.80 bits per heavy atom. The third-order valence-electron chi connectivity index (χ3n) is 7.34. The second-order valence-electron chi connectivity index (χ2n) is 10.1. The van der Waals surface area contributed by atoms with E-state index in [1.165, 1.54) is 0 Å². The van der Waals surface area contributed by atoms with Gasteiger partial charge in [0.2, 0.25) is 5.95 Å². The monoisotopic (exact) mass is 568 g/mol. The van der Waals surface area contributed by atoms with E-state index in [0.717, 1.165) is 30.6 Å². The molecule has 1 saturated heterocycles. The van der Waals surface area contributed by atoms with Gasteiger partial charge in [-0.1, -0.05) is 18.6 Å². The zero-order chi connectivity index (χ0) is 28.3. The van der Waals surface area contributed by atoms with Crippen molar-refractivity contribution in [2.75, 3.05) is 50.1 Å². The number of aromatic nitrogens is 2. The maximum absolute atomic E-state index is 13.2. The van der Waals surface area contributed by atoms with Gasteiger partial charge in [-0.25, -0.2) is 4.98 Å². The molecule has 1 aromatic heterocycles. The molecule has 0 spiro atoms. The van der Waals surface area contributed by atoms with Crippen molar-refractivity contribution in [2.24, 2.45) is 0 Å². The van der Waals surface area contributed by atoms with E-state index in [0.29, 0.717) is 73.8 Å². The predicted octanol–water partition coefficient (Wildman–Crippen LogP) is 2.97. The van der Waals surface area contributed by atoms with Gasteiger partial charge in [0.25, 0.3) is 0 Å². The van der Waals surface area contributed by atoms with E-state index in [9.17, 15) is 8.42 Å². The Morgan fingerprint density at radius 1 is 1.05 bits per heavy atom. The van der Waals surface area contributed by atoms with Gasteiger partial charge in [-0.3, -0.25) is 4.90 Å². The Kier molecular flexibility index (Phi) is 8.29. The molecule has 2 aromatic carbocycles. The molecular formula is C28H36N6O5S. The molecule has 2 fully saturated rings. The Labute approximate surface area is 234 Å². The number of rotatable bonds is 10. The maximum atomic E-state index is 13.2. The molecule has 1 saturated carbocycles. The Morgan fingerprint density at radius 3 is 2.45 bits per heavy atom. The van der Waals surface area contributed by atoms with E-state index < -0.39 is 15.4 Å². The summed E-state index contributed by atoms with van der Waals surface area (Å²) < 4.78 is 43.7. The highest BCUT2D eigenvalue weighted by Crippen LogP contribution is 2.43. The first-order valence-electron chi connectivity index (χ1n) is 13.5. The molecule has 1 aliphatic carbocycles. The number of benzene rings is 2. The highest BCUT2D eigenvalue weighted by Gasteiger charge is 2.34. The second-order valence-corrected chi connectivity index (χ2v) is 12.0. The number of anilines is 3. The van der Waals surface area contributed by atoms with Crippen molar-refractivity contribution in [1.29, 1.82) is 0 Å². The van der Waals surface area contributed by atoms with Crippen LogP contribution in [0.15, 0.2) is 36.5 Å². The van der Waals surface area contributed by atoms with Crippen molar-refractivity contribution in [1.82, 2.24) is 14.9 Å². The molecule has 3 aromatic rings. The Balaban J connectivity index is 1.56. The lowest BCUT2D eigenvalue weighted by Gasteiger charge is -2.27. The lowest BCUT2D eigenvalue weighted by atomic mass is 9.97. The molecule has 0 unspecified atom stereocenters. The lowest BCUT2D eigenvalue weighted by Crippen LogP contribution is -2.35. The average Bonchev–Trinajstić information content (AvgIpc) is 2.86. The highest BCUT2D eigenvalue weighted by molar-refractivity contribution is 7.87. The molecule has 0 radical (unpaired) electrons. The lowest BCUT2D eigenvalue weighted by molar-refractivity contribution is 0.0343. The summed E-state index contributed by atoms with van der Waals surface area (Å²) in [6.07, 6.45) is 3.91. The van der Waals surface area contributed by atoms with Crippen molar-refractivity contribution in [3.8, 4) is 22.6 Å². The SMILES string of the molecule is CCOc1cc(Cc2cnc(N)nc2N)cc(OS(=O)(=O)C2CCC2)c1-c1ccc(CN2CCOCC2)c(N)c1. The molecular weight excluding hydrogens is 532 g/mol. The van der Waals surface area contributed by atoms with E-state index in [-0.39, 0.29) is 17.5 Å². The molecule has 5 rings (SSSR count). The van der Waals surface area contributed by atoms with E-state index >= 15 is 0 Å². The average molecular weight is 569 g/mol. The van der Waals surface area contributed by atoms with Crippen molar-refractivity contribution in [3.63, 3.8) is 0 Å². The van der Waals surface area contributed by atoms with Crippen LogP contribution in [-0.2, 0) is 27.8 Å². The minimum Gasteiger partial charge on any atom is -0.493 e. The van der Waals surface area contributed by atoms with Crippen LogP contribution < -0.4 is 26.1 Å². The number of nitrogens with zero attached hydrogens (tertiary/aromatic N) is 3. The number of hydrogen-bond acceptors (Lipinski definition) is 11. The van der Waals surface area contributed by atoms with Crippen LogP contribution >= 0.6 is 0 Å². The summed E-state index contributed by atoms with van der Waals surface area (Å²) in [5, 5.41) is -0.526. The summed E-state index contributed by atoms with van der Waals surface area (Å²) in [5.41, 5.74) is 22.5. The topological polar surface area (TPSA) is 169 Å². The van der Waals surface area contributed by atoms with E-state index in [1.807, 2.05) is 31.2 Å². The van der Waals surface area contributed by atoms with Crippen molar-refractivity contribution in [3.05, 3.63) is 53.2 Å². The molecule has 214 valence electrons. The molecule has 1 aliphatic heterocycles. The largest absolute Gasteiger partial charge is 0.493 e. The van der Waals surface area contributed by atoms with Gasteiger partial charge in [0, 0.05) is 43.5 Å². The second kappa shape index (κ2) is 11.9. The van der Waals surface area contributed by atoms with E-state index in [1.54, 1.807) is 12.3 Å². The first kappa shape index (κ1) is 27.9. The van der Waals surface area contributed by atoms with Crippen LogP contribution in [0.5, 0.6) is 11.5 Å². The standard InChI is InChI=1S/C28H36N6O5S/c1-2-38-24-13-18(12-21-16-32-28(31)33-27(21)30)14-25(39-40(35,36)22-4-3-5-22)26(24)19-6-7-20(23(29)15-19)17-34-8-10-37-11-9-34/h6-7,13-16,22H,2-5,8-12,17,29H2,1H3,(H4,30,31,32,33). The number of hydrogen-bond donors (Lipinski definition) is 3. The third-order valence-corrected chi connectivity index (χ3v) is 9.04. The number of nitrogens with two attached hydrogens (primary N) is 3. The molecule has 0 bridgehead atoms. The molecule has 12 heteroatoms. The number of nitrogen functional groups attached to an aromatic ring is 3. The number of morpholine rings is 1. The first-order chi connectivity index (χ1) is 19.2. The fourth-order valence-electron chi connectivity index (χ4n) is 4.90. The molecule has 0 atom stereocenters. The van der Waals surface area contributed by atoms with Crippen LogP contribution in [0, 0.1) is 0 Å². The Hall–Kier alpha value is -3.61. The fourth-order valence-corrected chi connectivity index (χ4v) is 6.33. The van der Waals surface area contributed by atoms with Gasteiger partial charge in [0.15, 0.2) is 5.75 Å². The molecule has 11 nitrogen and oxygen atoms in total. The molecule has 2 aliphatic rings.